The molecule has 0 bridgehead atoms. The zero-order valence-electron chi connectivity index (χ0n) is 20.7. The number of amides is 3. The number of imide groups is 1. The number of benzene rings is 4. The Kier molecular flexibility index (Phi) is 7.93. The number of hydrogen-bond acceptors (Lipinski definition) is 5. The molecule has 1 aliphatic rings. The van der Waals surface area contributed by atoms with Gasteiger partial charge in [0.2, 0.25) is 0 Å². The second-order valence-corrected chi connectivity index (χ2v) is 10.7. The van der Waals surface area contributed by atoms with Gasteiger partial charge in [0.25, 0.3) is 17.1 Å². The minimum absolute atomic E-state index is 0.192. The Balaban J connectivity index is 1.22. The first-order valence-electron chi connectivity index (χ1n) is 12.0. The van der Waals surface area contributed by atoms with Crippen molar-refractivity contribution in [2.75, 3.05) is 11.9 Å². The molecule has 1 N–H and O–H groups in total. The molecule has 0 spiro atoms. The van der Waals surface area contributed by atoms with Crippen LogP contribution in [0, 0.1) is 6.92 Å². The quantitative estimate of drug-likeness (QED) is 0.228. The van der Waals surface area contributed by atoms with E-state index in [0.29, 0.717) is 26.9 Å². The van der Waals surface area contributed by atoms with Crippen LogP contribution >= 0.6 is 35.0 Å². The third-order valence-electron chi connectivity index (χ3n) is 6.10. The number of anilines is 1. The molecular formula is C30H22Cl2N2O4S. The third kappa shape index (κ3) is 6.28. The van der Waals surface area contributed by atoms with E-state index in [0.717, 1.165) is 33.7 Å². The second kappa shape index (κ2) is 11.5. The topological polar surface area (TPSA) is 75.7 Å². The SMILES string of the molecule is Cc1ccc(NC(=O)COc2ccc(/C=C3\SC(=O)N(Cc4ccc5ccccc5c4)C3=O)cc2Cl)cc1Cl. The van der Waals surface area contributed by atoms with Crippen LogP contribution in [0.4, 0.5) is 10.5 Å². The fourth-order valence-electron chi connectivity index (χ4n) is 4.04. The second-order valence-electron chi connectivity index (χ2n) is 8.94. The van der Waals surface area contributed by atoms with Gasteiger partial charge in [0.1, 0.15) is 5.75 Å². The average Bonchev–Trinajstić information content (AvgIpc) is 3.17. The summed E-state index contributed by atoms with van der Waals surface area (Å²) in [5.41, 5.74) is 2.97. The van der Waals surface area contributed by atoms with Gasteiger partial charge < -0.3 is 10.1 Å². The van der Waals surface area contributed by atoms with E-state index in [2.05, 4.69) is 5.32 Å². The Labute approximate surface area is 239 Å². The first kappa shape index (κ1) is 26.8. The van der Waals surface area contributed by atoms with E-state index >= 15 is 0 Å². The number of hydrogen-bond donors (Lipinski definition) is 1. The van der Waals surface area contributed by atoms with Gasteiger partial charge in [0.15, 0.2) is 6.61 Å². The lowest BCUT2D eigenvalue weighted by atomic mass is 10.1. The molecule has 4 aromatic carbocycles. The maximum absolute atomic E-state index is 13.0. The molecule has 3 amide bonds. The Bertz CT molecular complexity index is 1650. The highest BCUT2D eigenvalue weighted by Crippen LogP contribution is 2.35. The Morgan fingerprint density at radius 1 is 0.949 bits per heavy atom. The monoisotopic (exact) mass is 576 g/mol. The fourth-order valence-corrected chi connectivity index (χ4v) is 5.30. The van der Waals surface area contributed by atoms with Crippen LogP contribution < -0.4 is 10.1 Å². The normalized spacial score (nSPS) is 14.3. The van der Waals surface area contributed by atoms with E-state index in [1.54, 1.807) is 36.4 Å². The van der Waals surface area contributed by atoms with Crippen molar-refractivity contribution in [3.63, 3.8) is 0 Å². The first-order chi connectivity index (χ1) is 18.8. The largest absolute Gasteiger partial charge is 0.482 e. The Morgan fingerprint density at radius 2 is 1.74 bits per heavy atom. The molecule has 1 aliphatic heterocycles. The summed E-state index contributed by atoms with van der Waals surface area (Å²) >= 11 is 13.4. The summed E-state index contributed by atoms with van der Waals surface area (Å²) in [6.45, 7) is 1.81. The van der Waals surface area contributed by atoms with E-state index < -0.39 is 0 Å². The van der Waals surface area contributed by atoms with Crippen molar-refractivity contribution >= 4 is 74.6 Å². The summed E-state index contributed by atoms with van der Waals surface area (Å²) in [6, 6.07) is 24.0. The standard InChI is InChI=1S/C30H22Cl2N2O4S/c1-18-6-10-23(15-24(18)31)33-28(35)17-38-26-11-8-19(13-25(26)32)14-27-29(36)34(30(37)39-27)16-20-7-9-21-4-2-3-5-22(21)12-20/h2-15H,16-17H2,1H3,(H,33,35)/b27-14-. The predicted molar refractivity (Wildman–Crippen MR) is 157 cm³/mol. The van der Waals surface area contributed by atoms with Crippen molar-refractivity contribution in [1.82, 2.24) is 4.90 Å². The van der Waals surface area contributed by atoms with Gasteiger partial charge in [-0.05, 0) is 82.6 Å². The first-order valence-corrected chi connectivity index (χ1v) is 13.6. The van der Waals surface area contributed by atoms with Crippen molar-refractivity contribution in [3.8, 4) is 5.75 Å². The molecule has 1 heterocycles. The summed E-state index contributed by atoms with van der Waals surface area (Å²) in [4.78, 5) is 39.5. The van der Waals surface area contributed by atoms with Crippen LogP contribution in [-0.2, 0) is 16.1 Å². The third-order valence-corrected chi connectivity index (χ3v) is 7.71. The minimum Gasteiger partial charge on any atom is -0.482 e. The van der Waals surface area contributed by atoms with E-state index in [1.165, 1.54) is 4.90 Å². The van der Waals surface area contributed by atoms with Gasteiger partial charge >= 0.3 is 0 Å². The highest BCUT2D eigenvalue weighted by Gasteiger charge is 2.35. The highest BCUT2D eigenvalue weighted by atomic mass is 35.5. The van der Waals surface area contributed by atoms with Gasteiger partial charge in [0, 0.05) is 10.7 Å². The number of halogens is 2. The Morgan fingerprint density at radius 3 is 2.51 bits per heavy atom. The summed E-state index contributed by atoms with van der Waals surface area (Å²) in [5.74, 6) is -0.409. The smallest absolute Gasteiger partial charge is 0.293 e. The lowest BCUT2D eigenvalue weighted by Crippen LogP contribution is -2.27. The maximum Gasteiger partial charge on any atom is 0.293 e. The number of fused-ring (bicyclic) bond motifs is 1. The van der Waals surface area contributed by atoms with Crippen molar-refractivity contribution in [2.45, 2.75) is 13.5 Å². The lowest BCUT2D eigenvalue weighted by Gasteiger charge is -2.13. The zero-order valence-corrected chi connectivity index (χ0v) is 23.1. The summed E-state index contributed by atoms with van der Waals surface area (Å²) in [5, 5.41) is 5.36. The van der Waals surface area contributed by atoms with Gasteiger partial charge in [-0.25, -0.2) is 0 Å². The molecule has 6 nitrogen and oxygen atoms in total. The van der Waals surface area contributed by atoms with Crippen molar-refractivity contribution in [1.29, 1.82) is 0 Å². The van der Waals surface area contributed by atoms with E-state index in [9.17, 15) is 14.4 Å². The molecule has 0 atom stereocenters. The number of nitrogens with zero attached hydrogens (tertiary/aromatic N) is 1. The molecule has 0 saturated carbocycles. The minimum atomic E-state index is -0.366. The fraction of sp³-hybridized carbons (Fsp3) is 0.100. The van der Waals surface area contributed by atoms with E-state index in [-0.39, 0.29) is 35.2 Å². The van der Waals surface area contributed by atoms with Crippen LogP contribution in [0.25, 0.3) is 16.8 Å². The summed E-state index contributed by atoms with van der Waals surface area (Å²) in [7, 11) is 0. The van der Waals surface area contributed by atoms with Gasteiger partial charge in [-0.3, -0.25) is 19.3 Å². The molecule has 0 aliphatic carbocycles. The lowest BCUT2D eigenvalue weighted by molar-refractivity contribution is -0.123. The van der Waals surface area contributed by atoms with Crippen molar-refractivity contribution in [2.24, 2.45) is 0 Å². The molecule has 0 radical (unpaired) electrons. The Hall–Kier alpha value is -3.78. The molecular weight excluding hydrogens is 555 g/mol. The summed E-state index contributed by atoms with van der Waals surface area (Å²) < 4.78 is 5.57. The molecule has 5 rings (SSSR count). The van der Waals surface area contributed by atoms with Gasteiger partial charge in [0.05, 0.1) is 16.5 Å². The molecule has 4 aromatic rings. The highest BCUT2D eigenvalue weighted by molar-refractivity contribution is 8.18. The van der Waals surface area contributed by atoms with Gasteiger partial charge in [-0.15, -0.1) is 0 Å². The van der Waals surface area contributed by atoms with E-state index in [1.807, 2.05) is 55.5 Å². The van der Waals surface area contributed by atoms with Crippen LogP contribution in [0.2, 0.25) is 10.0 Å². The van der Waals surface area contributed by atoms with Crippen LogP contribution in [0.15, 0.2) is 83.8 Å². The maximum atomic E-state index is 13.0. The number of aryl methyl sites for hydroxylation is 1. The van der Waals surface area contributed by atoms with Crippen LogP contribution in [0.5, 0.6) is 5.75 Å². The zero-order chi connectivity index (χ0) is 27.5. The van der Waals surface area contributed by atoms with Crippen molar-refractivity contribution in [3.05, 3.63) is 111 Å². The predicted octanol–water partition coefficient (Wildman–Crippen LogP) is 7.71. The van der Waals surface area contributed by atoms with Crippen LogP contribution in [0.3, 0.4) is 0 Å². The number of thioether (sulfide) groups is 1. The molecule has 39 heavy (non-hydrogen) atoms. The van der Waals surface area contributed by atoms with Crippen molar-refractivity contribution < 1.29 is 19.1 Å². The molecule has 0 aromatic heterocycles. The number of nitrogens with one attached hydrogen (secondary N) is 1. The molecule has 1 fully saturated rings. The van der Waals surface area contributed by atoms with E-state index in [4.69, 9.17) is 27.9 Å². The number of carbonyl (C=O) groups is 3. The summed E-state index contributed by atoms with van der Waals surface area (Å²) in [6.07, 6.45) is 1.62. The van der Waals surface area contributed by atoms with Gasteiger partial charge in [-0.2, -0.15) is 0 Å². The number of ether oxygens (including phenoxy) is 1. The van der Waals surface area contributed by atoms with Crippen LogP contribution in [-0.4, -0.2) is 28.6 Å². The number of carbonyl (C=O) groups excluding carboxylic acids is 3. The van der Waals surface area contributed by atoms with Gasteiger partial charge in [-0.1, -0.05) is 71.7 Å². The average molecular weight is 577 g/mol. The van der Waals surface area contributed by atoms with Crippen LogP contribution in [0.1, 0.15) is 16.7 Å². The molecule has 1 saturated heterocycles. The molecule has 196 valence electrons. The molecule has 0 unspecified atom stereocenters. The number of rotatable bonds is 7. The molecule has 9 heteroatoms.